The third-order valence-corrected chi connectivity index (χ3v) is 2.00. The summed E-state index contributed by atoms with van der Waals surface area (Å²) in [5.41, 5.74) is 8.42. The van der Waals surface area contributed by atoms with Crippen molar-refractivity contribution in [3.63, 3.8) is 0 Å². The highest BCUT2D eigenvalue weighted by Crippen LogP contribution is 2.05. The molecule has 0 fully saturated rings. The quantitative estimate of drug-likeness (QED) is 0.479. The molecule has 0 unspecified atom stereocenters. The first kappa shape index (κ1) is 15.3. The molecule has 0 heterocycles. The van der Waals surface area contributed by atoms with Crippen LogP contribution in [0.2, 0.25) is 0 Å². The van der Waals surface area contributed by atoms with Gasteiger partial charge in [-0.25, -0.2) is 5.84 Å². The number of nitrogens with zero attached hydrogens (tertiary/aromatic N) is 1. The van der Waals surface area contributed by atoms with Gasteiger partial charge in [0.05, 0.1) is 5.69 Å². The number of allylic oxidation sites excluding steroid dienone is 3. The van der Waals surface area contributed by atoms with E-state index in [1.807, 2.05) is 57.3 Å². The lowest BCUT2D eigenvalue weighted by atomic mass is 10.2. The molecule has 4 N–H and O–H groups in total. The molecule has 1 aromatic carbocycles. The Morgan fingerprint density at radius 2 is 1.88 bits per heavy atom. The lowest BCUT2D eigenvalue weighted by molar-refractivity contribution is 1.02. The molecular formula is C14H23N3. The van der Waals surface area contributed by atoms with Gasteiger partial charge >= 0.3 is 0 Å². The molecule has 17 heavy (non-hydrogen) atoms. The third-order valence-electron chi connectivity index (χ3n) is 2.00. The zero-order valence-electron chi connectivity index (χ0n) is 11.0. The van der Waals surface area contributed by atoms with Gasteiger partial charge < -0.3 is 10.7 Å². The van der Waals surface area contributed by atoms with E-state index in [1.54, 1.807) is 5.01 Å². The highest BCUT2D eigenvalue weighted by atomic mass is 15.4. The largest absolute Gasteiger partial charge is 0.402 e. The molecule has 0 saturated heterocycles. The van der Waals surface area contributed by atoms with E-state index in [0.717, 1.165) is 23.4 Å². The lowest BCUT2D eigenvalue weighted by Gasteiger charge is -2.09. The zero-order chi connectivity index (χ0) is 13.3. The van der Waals surface area contributed by atoms with Gasteiger partial charge in [-0.05, 0) is 31.6 Å². The summed E-state index contributed by atoms with van der Waals surface area (Å²) in [4.78, 5) is 0. The van der Waals surface area contributed by atoms with Crippen LogP contribution < -0.4 is 16.6 Å². The van der Waals surface area contributed by atoms with Crippen LogP contribution >= 0.6 is 0 Å². The summed E-state index contributed by atoms with van der Waals surface area (Å²) >= 11 is 0. The van der Waals surface area contributed by atoms with Crippen molar-refractivity contribution in [3.05, 3.63) is 54.3 Å². The van der Waals surface area contributed by atoms with Crippen molar-refractivity contribution in [2.75, 3.05) is 12.1 Å². The Balaban J connectivity index is 0.000000304. The maximum absolute atomic E-state index is 5.47. The Hall–Kier alpha value is -1.74. The summed E-state index contributed by atoms with van der Waals surface area (Å²) in [5.74, 6) is 5.45. The molecule has 0 saturated carbocycles. The average Bonchev–Trinajstić information content (AvgIpc) is 2.30. The van der Waals surface area contributed by atoms with Gasteiger partial charge in [-0.2, -0.15) is 0 Å². The number of para-hydroxylation sites is 1. The maximum atomic E-state index is 5.47. The van der Waals surface area contributed by atoms with Crippen LogP contribution in [-0.4, -0.2) is 7.05 Å². The predicted molar refractivity (Wildman–Crippen MR) is 76.4 cm³/mol. The standard InChI is InChI=1S/C7H10N2.C7H13N/c1-9(8)7-5-3-2-4-6-7;1-4-7(8)5-6(2)3/h2-6H,8H2,1H3;5H,2,4,8H2,1,3H3/b;7-5+. The van der Waals surface area contributed by atoms with E-state index in [1.165, 1.54) is 0 Å². The van der Waals surface area contributed by atoms with E-state index >= 15 is 0 Å². The van der Waals surface area contributed by atoms with E-state index in [0.29, 0.717) is 0 Å². The molecule has 0 aromatic heterocycles. The van der Waals surface area contributed by atoms with Crippen molar-refractivity contribution < 1.29 is 0 Å². The van der Waals surface area contributed by atoms with Gasteiger partial charge in [-0.15, -0.1) is 0 Å². The van der Waals surface area contributed by atoms with Gasteiger partial charge in [0, 0.05) is 12.7 Å². The Morgan fingerprint density at radius 1 is 1.35 bits per heavy atom. The number of nitrogens with two attached hydrogens (primary N) is 2. The second-order valence-electron chi connectivity index (χ2n) is 3.87. The van der Waals surface area contributed by atoms with Gasteiger partial charge in [0.1, 0.15) is 0 Å². The van der Waals surface area contributed by atoms with Gasteiger partial charge in [0.2, 0.25) is 0 Å². The molecular weight excluding hydrogens is 210 g/mol. The summed E-state index contributed by atoms with van der Waals surface area (Å²) in [5, 5.41) is 1.58. The fourth-order valence-electron chi connectivity index (χ4n) is 1.08. The number of hydrogen-bond donors (Lipinski definition) is 2. The topological polar surface area (TPSA) is 55.3 Å². The molecule has 0 bridgehead atoms. The minimum absolute atomic E-state index is 0.900. The molecule has 0 amide bonds. The summed E-state index contributed by atoms with van der Waals surface area (Å²) in [7, 11) is 1.81. The molecule has 1 rings (SSSR count). The predicted octanol–water partition coefficient (Wildman–Crippen LogP) is 2.81. The van der Waals surface area contributed by atoms with Gasteiger partial charge in [-0.3, -0.25) is 0 Å². The van der Waals surface area contributed by atoms with Crippen LogP contribution in [0.3, 0.4) is 0 Å². The minimum atomic E-state index is 0.900. The fraction of sp³-hybridized carbons (Fsp3) is 0.286. The molecule has 0 atom stereocenters. The second kappa shape index (κ2) is 8.42. The summed E-state index contributed by atoms with van der Waals surface area (Å²) in [6.07, 6.45) is 2.80. The van der Waals surface area contributed by atoms with Crippen LogP contribution in [-0.2, 0) is 0 Å². The second-order valence-corrected chi connectivity index (χ2v) is 3.87. The van der Waals surface area contributed by atoms with Gasteiger partial charge in [-0.1, -0.05) is 37.3 Å². The highest BCUT2D eigenvalue weighted by molar-refractivity contribution is 5.43. The molecule has 3 nitrogen and oxygen atoms in total. The zero-order valence-corrected chi connectivity index (χ0v) is 11.0. The first-order valence-corrected chi connectivity index (χ1v) is 5.62. The van der Waals surface area contributed by atoms with Crippen molar-refractivity contribution in [2.45, 2.75) is 20.3 Å². The molecule has 94 valence electrons. The summed E-state index contributed by atoms with van der Waals surface area (Å²) in [6.45, 7) is 7.64. The van der Waals surface area contributed by atoms with Crippen molar-refractivity contribution in [1.82, 2.24) is 0 Å². The summed E-state index contributed by atoms with van der Waals surface area (Å²) < 4.78 is 0. The first-order chi connectivity index (χ1) is 7.97. The maximum Gasteiger partial charge on any atom is 0.0513 e. The van der Waals surface area contributed by atoms with Crippen LogP contribution in [0.4, 0.5) is 5.69 Å². The van der Waals surface area contributed by atoms with E-state index in [2.05, 4.69) is 6.58 Å². The SMILES string of the molecule is C=C(C)/C=C(/N)CC.CN(N)c1ccccc1. The van der Waals surface area contributed by atoms with Crippen LogP contribution in [0, 0.1) is 0 Å². The normalized spacial score (nSPS) is 10.2. The van der Waals surface area contributed by atoms with Crippen molar-refractivity contribution in [3.8, 4) is 0 Å². The Bertz CT molecular complexity index is 353. The Kier molecular flexibility index (Phi) is 7.55. The van der Waals surface area contributed by atoms with Crippen molar-refractivity contribution >= 4 is 5.69 Å². The number of benzene rings is 1. The molecule has 0 aliphatic rings. The number of anilines is 1. The van der Waals surface area contributed by atoms with E-state index in [9.17, 15) is 0 Å². The first-order valence-electron chi connectivity index (χ1n) is 5.62. The van der Waals surface area contributed by atoms with Gasteiger partial charge in [0.25, 0.3) is 0 Å². The molecule has 0 aliphatic carbocycles. The molecule has 1 aromatic rings. The third kappa shape index (κ3) is 8.11. The van der Waals surface area contributed by atoms with E-state index in [-0.39, 0.29) is 0 Å². The molecule has 0 radical (unpaired) electrons. The molecule has 3 heteroatoms. The smallest absolute Gasteiger partial charge is 0.0513 e. The molecule has 0 aliphatic heterocycles. The summed E-state index contributed by atoms with van der Waals surface area (Å²) in [6, 6.07) is 9.80. The van der Waals surface area contributed by atoms with Crippen molar-refractivity contribution in [2.24, 2.45) is 11.6 Å². The van der Waals surface area contributed by atoms with E-state index < -0.39 is 0 Å². The number of rotatable bonds is 3. The minimum Gasteiger partial charge on any atom is -0.402 e. The van der Waals surface area contributed by atoms with Crippen LogP contribution in [0.15, 0.2) is 54.3 Å². The average molecular weight is 233 g/mol. The number of hydrogen-bond acceptors (Lipinski definition) is 3. The van der Waals surface area contributed by atoms with E-state index in [4.69, 9.17) is 11.6 Å². The van der Waals surface area contributed by atoms with Crippen LogP contribution in [0.1, 0.15) is 20.3 Å². The monoisotopic (exact) mass is 233 g/mol. The fourth-order valence-corrected chi connectivity index (χ4v) is 1.08. The Morgan fingerprint density at radius 3 is 2.12 bits per heavy atom. The van der Waals surface area contributed by atoms with Crippen LogP contribution in [0.5, 0.6) is 0 Å². The van der Waals surface area contributed by atoms with Crippen molar-refractivity contribution in [1.29, 1.82) is 0 Å². The number of hydrazine groups is 1. The lowest BCUT2D eigenvalue weighted by Crippen LogP contribution is -2.24. The van der Waals surface area contributed by atoms with Gasteiger partial charge in [0.15, 0.2) is 0 Å². The highest BCUT2D eigenvalue weighted by Gasteiger charge is 1.88. The van der Waals surface area contributed by atoms with Crippen LogP contribution in [0.25, 0.3) is 0 Å². The Labute approximate surface area is 104 Å². The molecule has 0 spiro atoms.